The van der Waals surface area contributed by atoms with E-state index in [4.69, 9.17) is 0 Å². The SMILES string of the molecule is CC(O)CCN(C)C(=O)CCc1nc2ccccc2[nH]1. The first-order valence-electron chi connectivity index (χ1n) is 6.92. The number of aromatic nitrogens is 2. The average Bonchev–Trinajstić information content (AvgIpc) is 2.84. The fourth-order valence-corrected chi connectivity index (χ4v) is 2.05. The van der Waals surface area contributed by atoms with Crippen LogP contribution in [0.15, 0.2) is 24.3 Å². The second kappa shape index (κ2) is 6.52. The van der Waals surface area contributed by atoms with Gasteiger partial charge >= 0.3 is 0 Å². The van der Waals surface area contributed by atoms with Crippen molar-refractivity contribution in [2.24, 2.45) is 0 Å². The van der Waals surface area contributed by atoms with Gasteiger partial charge < -0.3 is 15.0 Å². The van der Waals surface area contributed by atoms with Gasteiger partial charge in [0.15, 0.2) is 0 Å². The lowest BCUT2D eigenvalue weighted by Gasteiger charge is -2.17. The predicted octanol–water partition coefficient (Wildman–Crippen LogP) is 1.72. The van der Waals surface area contributed by atoms with E-state index in [1.54, 1.807) is 18.9 Å². The van der Waals surface area contributed by atoms with Gasteiger partial charge in [0.25, 0.3) is 0 Å². The third-order valence-corrected chi connectivity index (χ3v) is 3.32. The van der Waals surface area contributed by atoms with Gasteiger partial charge in [-0.3, -0.25) is 4.79 Å². The van der Waals surface area contributed by atoms with Crippen LogP contribution in [0.4, 0.5) is 0 Å². The number of aliphatic hydroxyl groups is 1. The van der Waals surface area contributed by atoms with Crippen LogP contribution in [0.1, 0.15) is 25.6 Å². The Labute approximate surface area is 118 Å². The molecule has 2 N–H and O–H groups in total. The number of carbonyl (C=O) groups is 1. The molecule has 1 amide bonds. The van der Waals surface area contributed by atoms with E-state index in [1.165, 1.54) is 0 Å². The third kappa shape index (κ3) is 3.81. The van der Waals surface area contributed by atoms with Gasteiger partial charge in [0, 0.05) is 26.4 Å². The van der Waals surface area contributed by atoms with Gasteiger partial charge in [-0.1, -0.05) is 12.1 Å². The molecule has 1 aromatic carbocycles. The number of imidazole rings is 1. The third-order valence-electron chi connectivity index (χ3n) is 3.32. The molecule has 0 saturated carbocycles. The minimum Gasteiger partial charge on any atom is -0.393 e. The maximum Gasteiger partial charge on any atom is 0.222 e. The van der Waals surface area contributed by atoms with Gasteiger partial charge in [-0.05, 0) is 25.5 Å². The summed E-state index contributed by atoms with van der Waals surface area (Å²) in [5.41, 5.74) is 1.93. The number of H-pyrrole nitrogens is 1. The van der Waals surface area contributed by atoms with Crippen LogP contribution in [-0.2, 0) is 11.2 Å². The molecule has 2 aromatic rings. The standard InChI is InChI=1S/C15H21N3O2/c1-11(19)9-10-18(2)15(20)8-7-14-16-12-5-3-4-6-13(12)17-14/h3-6,11,19H,7-10H2,1-2H3,(H,16,17). The number of amides is 1. The van der Waals surface area contributed by atoms with Crippen molar-refractivity contribution < 1.29 is 9.90 Å². The highest BCUT2D eigenvalue weighted by Crippen LogP contribution is 2.11. The molecule has 1 heterocycles. The topological polar surface area (TPSA) is 69.2 Å². The first kappa shape index (κ1) is 14.5. The number of fused-ring (bicyclic) bond motifs is 1. The van der Waals surface area contributed by atoms with Crippen molar-refractivity contribution in [1.29, 1.82) is 0 Å². The summed E-state index contributed by atoms with van der Waals surface area (Å²) in [4.78, 5) is 21.3. The average molecular weight is 275 g/mol. The number of rotatable bonds is 6. The molecular formula is C15H21N3O2. The maximum absolute atomic E-state index is 11.9. The molecule has 0 spiro atoms. The van der Waals surface area contributed by atoms with Crippen molar-refractivity contribution in [3.05, 3.63) is 30.1 Å². The molecule has 2 rings (SSSR count). The Morgan fingerprint density at radius 2 is 2.20 bits per heavy atom. The molecule has 0 radical (unpaired) electrons. The number of benzene rings is 1. The maximum atomic E-state index is 11.9. The second-order valence-electron chi connectivity index (χ2n) is 5.15. The van der Waals surface area contributed by atoms with E-state index in [1.807, 2.05) is 24.3 Å². The summed E-state index contributed by atoms with van der Waals surface area (Å²) in [6, 6.07) is 7.83. The molecule has 5 heteroatoms. The van der Waals surface area contributed by atoms with Gasteiger partial charge in [0.1, 0.15) is 5.82 Å². The van der Waals surface area contributed by atoms with E-state index >= 15 is 0 Å². The minimum atomic E-state index is -0.374. The summed E-state index contributed by atoms with van der Waals surface area (Å²) in [5, 5.41) is 9.22. The Balaban J connectivity index is 1.86. The van der Waals surface area contributed by atoms with E-state index in [9.17, 15) is 9.90 Å². The fourth-order valence-electron chi connectivity index (χ4n) is 2.05. The number of aryl methyl sites for hydroxylation is 1. The largest absolute Gasteiger partial charge is 0.393 e. The monoisotopic (exact) mass is 275 g/mol. The van der Waals surface area contributed by atoms with Gasteiger partial charge in [0.05, 0.1) is 17.1 Å². The lowest BCUT2D eigenvalue weighted by Crippen LogP contribution is -2.29. The van der Waals surface area contributed by atoms with Crippen LogP contribution in [0.25, 0.3) is 11.0 Å². The van der Waals surface area contributed by atoms with Gasteiger partial charge in [-0.15, -0.1) is 0 Å². The Kier molecular flexibility index (Phi) is 4.74. The van der Waals surface area contributed by atoms with Crippen LogP contribution in [-0.4, -0.2) is 45.6 Å². The number of hydrogen-bond acceptors (Lipinski definition) is 3. The first-order chi connectivity index (χ1) is 9.56. The van der Waals surface area contributed by atoms with E-state index < -0.39 is 0 Å². The zero-order valence-electron chi connectivity index (χ0n) is 12.0. The molecule has 0 fully saturated rings. The number of nitrogens with zero attached hydrogens (tertiary/aromatic N) is 2. The van der Waals surface area contributed by atoms with Crippen molar-refractivity contribution in [3.63, 3.8) is 0 Å². The van der Waals surface area contributed by atoms with E-state index in [0.29, 0.717) is 25.8 Å². The van der Waals surface area contributed by atoms with Crippen molar-refractivity contribution in [3.8, 4) is 0 Å². The smallest absolute Gasteiger partial charge is 0.222 e. The summed E-state index contributed by atoms with van der Waals surface area (Å²) in [5.74, 6) is 0.912. The van der Waals surface area contributed by atoms with Crippen LogP contribution < -0.4 is 0 Å². The summed E-state index contributed by atoms with van der Waals surface area (Å²) in [6.45, 7) is 2.31. The number of hydrogen-bond donors (Lipinski definition) is 2. The Bertz CT molecular complexity index is 544. The zero-order valence-corrected chi connectivity index (χ0v) is 12.0. The Morgan fingerprint density at radius 3 is 2.90 bits per heavy atom. The van der Waals surface area contributed by atoms with Crippen LogP contribution in [0.3, 0.4) is 0 Å². The fraction of sp³-hybridized carbons (Fsp3) is 0.467. The van der Waals surface area contributed by atoms with Crippen molar-refractivity contribution in [2.75, 3.05) is 13.6 Å². The molecule has 1 atom stereocenters. The number of carbonyl (C=O) groups excluding carboxylic acids is 1. The molecule has 0 saturated heterocycles. The number of para-hydroxylation sites is 2. The summed E-state index contributed by atoms with van der Waals surface area (Å²) >= 11 is 0. The highest BCUT2D eigenvalue weighted by Gasteiger charge is 2.11. The minimum absolute atomic E-state index is 0.0751. The molecule has 108 valence electrons. The van der Waals surface area contributed by atoms with Crippen LogP contribution in [0.2, 0.25) is 0 Å². The van der Waals surface area contributed by atoms with Crippen LogP contribution >= 0.6 is 0 Å². The summed E-state index contributed by atoms with van der Waals surface area (Å²) in [7, 11) is 1.77. The van der Waals surface area contributed by atoms with Crippen molar-refractivity contribution in [1.82, 2.24) is 14.9 Å². The highest BCUT2D eigenvalue weighted by molar-refractivity contribution is 5.77. The molecule has 1 aromatic heterocycles. The van der Waals surface area contributed by atoms with Crippen molar-refractivity contribution >= 4 is 16.9 Å². The molecule has 0 aliphatic carbocycles. The first-order valence-corrected chi connectivity index (χ1v) is 6.92. The normalized spacial score (nSPS) is 12.6. The highest BCUT2D eigenvalue weighted by atomic mass is 16.3. The number of aliphatic hydroxyl groups excluding tert-OH is 1. The van der Waals surface area contributed by atoms with E-state index in [2.05, 4.69) is 9.97 Å². The van der Waals surface area contributed by atoms with E-state index in [0.717, 1.165) is 16.9 Å². The predicted molar refractivity (Wildman–Crippen MR) is 78.3 cm³/mol. The molecule has 0 bridgehead atoms. The summed E-state index contributed by atoms with van der Waals surface area (Å²) < 4.78 is 0. The zero-order chi connectivity index (χ0) is 14.5. The Morgan fingerprint density at radius 1 is 1.45 bits per heavy atom. The number of nitrogens with one attached hydrogen (secondary N) is 1. The van der Waals surface area contributed by atoms with Crippen LogP contribution in [0, 0.1) is 0 Å². The molecule has 0 aliphatic rings. The quantitative estimate of drug-likeness (QED) is 0.843. The lowest BCUT2D eigenvalue weighted by atomic mass is 10.2. The molecule has 1 unspecified atom stereocenters. The molecule has 20 heavy (non-hydrogen) atoms. The molecule has 0 aliphatic heterocycles. The van der Waals surface area contributed by atoms with Gasteiger partial charge in [0.2, 0.25) is 5.91 Å². The lowest BCUT2D eigenvalue weighted by molar-refractivity contribution is -0.130. The second-order valence-corrected chi connectivity index (χ2v) is 5.15. The molecule has 5 nitrogen and oxygen atoms in total. The van der Waals surface area contributed by atoms with Gasteiger partial charge in [-0.25, -0.2) is 4.98 Å². The van der Waals surface area contributed by atoms with E-state index in [-0.39, 0.29) is 12.0 Å². The molecular weight excluding hydrogens is 254 g/mol. The number of aromatic amines is 1. The summed E-state index contributed by atoms with van der Waals surface area (Å²) in [6.07, 6.45) is 1.26. The van der Waals surface area contributed by atoms with Crippen molar-refractivity contribution in [2.45, 2.75) is 32.3 Å². The van der Waals surface area contributed by atoms with Crippen LogP contribution in [0.5, 0.6) is 0 Å². The van der Waals surface area contributed by atoms with Gasteiger partial charge in [-0.2, -0.15) is 0 Å². The Hall–Kier alpha value is -1.88.